The van der Waals surface area contributed by atoms with Crippen molar-refractivity contribution in [3.05, 3.63) is 34.9 Å². The van der Waals surface area contributed by atoms with E-state index in [9.17, 15) is 13.5 Å². The molecule has 0 aliphatic heterocycles. The van der Waals surface area contributed by atoms with Crippen molar-refractivity contribution < 1.29 is 13.5 Å². The zero-order chi connectivity index (χ0) is 18.2. The van der Waals surface area contributed by atoms with E-state index >= 15 is 0 Å². The molecule has 1 aromatic rings. The maximum Gasteiger partial charge on any atom is 0.191 e. The standard InChI is InChI=1S/C16H26ClN3O3S/c1-4-18-16(20-12(2)9-10-24(3,22)23)19-11-15(21)13-7-5-6-8-14(13)17/h5-8,12,15,21H,4,9-11H2,1-3H3,(H2,18,19,20). The highest BCUT2D eigenvalue weighted by molar-refractivity contribution is 7.90. The van der Waals surface area contributed by atoms with Crippen LogP contribution < -0.4 is 10.6 Å². The van der Waals surface area contributed by atoms with Crippen LogP contribution in [-0.2, 0) is 9.84 Å². The highest BCUT2D eigenvalue weighted by atomic mass is 35.5. The number of aliphatic hydroxyl groups is 1. The van der Waals surface area contributed by atoms with Crippen molar-refractivity contribution in [1.82, 2.24) is 10.6 Å². The Kier molecular flexibility index (Phi) is 8.52. The predicted molar refractivity (Wildman–Crippen MR) is 99.3 cm³/mol. The van der Waals surface area contributed by atoms with Crippen LogP contribution in [0.5, 0.6) is 0 Å². The fourth-order valence-electron chi connectivity index (χ4n) is 2.04. The van der Waals surface area contributed by atoms with Crippen molar-refractivity contribution in [2.45, 2.75) is 32.4 Å². The Bertz CT molecular complexity index is 650. The minimum atomic E-state index is -2.99. The highest BCUT2D eigenvalue weighted by Crippen LogP contribution is 2.22. The minimum absolute atomic E-state index is 0.0602. The summed E-state index contributed by atoms with van der Waals surface area (Å²) in [7, 11) is -2.99. The molecule has 0 heterocycles. The topological polar surface area (TPSA) is 90.8 Å². The van der Waals surface area contributed by atoms with Gasteiger partial charge in [0.1, 0.15) is 15.9 Å². The fourth-order valence-corrected chi connectivity index (χ4v) is 3.08. The molecule has 0 saturated heterocycles. The Morgan fingerprint density at radius 3 is 2.62 bits per heavy atom. The van der Waals surface area contributed by atoms with E-state index in [1.54, 1.807) is 18.2 Å². The lowest BCUT2D eigenvalue weighted by Gasteiger charge is -2.18. The lowest BCUT2D eigenvalue weighted by atomic mass is 10.1. The zero-order valence-corrected chi connectivity index (χ0v) is 15.9. The van der Waals surface area contributed by atoms with Crippen molar-refractivity contribution in [3.8, 4) is 0 Å². The smallest absolute Gasteiger partial charge is 0.191 e. The van der Waals surface area contributed by atoms with Crippen LogP contribution in [0, 0.1) is 0 Å². The largest absolute Gasteiger partial charge is 0.386 e. The van der Waals surface area contributed by atoms with Crippen LogP contribution in [0.4, 0.5) is 0 Å². The lowest BCUT2D eigenvalue weighted by Crippen LogP contribution is -2.43. The molecule has 1 aromatic carbocycles. The third-order valence-corrected chi connectivity index (χ3v) is 4.66. The molecule has 0 fully saturated rings. The van der Waals surface area contributed by atoms with Crippen LogP contribution in [0.2, 0.25) is 5.02 Å². The summed E-state index contributed by atoms with van der Waals surface area (Å²) in [4.78, 5) is 4.35. The van der Waals surface area contributed by atoms with E-state index in [0.717, 1.165) is 0 Å². The number of hydrogen-bond acceptors (Lipinski definition) is 4. The quantitative estimate of drug-likeness (QED) is 0.475. The maximum atomic E-state index is 11.2. The first kappa shape index (κ1) is 20.7. The van der Waals surface area contributed by atoms with Gasteiger partial charge in [-0.05, 0) is 26.3 Å². The SMILES string of the molecule is CCNC(=NCC(O)c1ccccc1Cl)NC(C)CCS(C)(=O)=O. The van der Waals surface area contributed by atoms with Gasteiger partial charge in [-0.3, -0.25) is 4.99 Å². The summed E-state index contributed by atoms with van der Waals surface area (Å²) in [5.41, 5.74) is 0.629. The third kappa shape index (κ3) is 7.99. The summed E-state index contributed by atoms with van der Waals surface area (Å²) in [6, 6.07) is 7.04. The van der Waals surface area contributed by atoms with Gasteiger partial charge in [-0.2, -0.15) is 0 Å². The number of nitrogens with one attached hydrogen (secondary N) is 2. The summed E-state index contributed by atoms with van der Waals surface area (Å²) < 4.78 is 22.5. The van der Waals surface area contributed by atoms with E-state index in [1.807, 2.05) is 19.9 Å². The molecular formula is C16H26ClN3O3S. The molecule has 6 nitrogen and oxygen atoms in total. The van der Waals surface area contributed by atoms with Gasteiger partial charge < -0.3 is 15.7 Å². The zero-order valence-electron chi connectivity index (χ0n) is 14.3. The average molecular weight is 376 g/mol. The van der Waals surface area contributed by atoms with Crippen LogP contribution in [0.1, 0.15) is 31.9 Å². The van der Waals surface area contributed by atoms with Crippen molar-refractivity contribution in [3.63, 3.8) is 0 Å². The predicted octanol–water partition coefficient (Wildman–Crippen LogP) is 1.75. The van der Waals surface area contributed by atoms with E-state index in [0.29, 0.717) is 29.5 Å². The van der Waals surface area contributed by atoms with E-state index in [2.05, 4.69) is 15.6 Å². The summed E-state index contributed by atoms with van der Waals surface area (Å²) in [6.07, 6.45) is 0.899. The molecule has 8 heteroatoms. The number of nitrogens with zero attached hydrogens (tertiary/aromatic N) is 1. The van der Waals surface area contributed by atoms with Crippen molar-refractivity contribution in [2.24, 2.45) is 4.99 Å². The molecule has 0 spiro atoms. The Morgan fingerprint density at radius 1 is 1.38 bits per heavy atom. The molecule has 3 N–H and O–H groups in total. The van der Waals surface area contributed by atoms with Crippen molar-refractivity contribution >= 4 is 27.4 Å². The van der Waals surface area contributed by atoms with Crippen molar-refractivity contribution in [2.75, 3.05) is 25.1 Å². The number of hydrogen-bond donors (Lipinski definition) is 3. The maximum absolute atomic E-state index is 11.2. The molecule has 24 heavy (non-hydrogen) atoms. The molecule has 0 saturated carbocycles. The van der Waals surface area contributed by atoms with Crippen LogP contribution in [0.25, 0.3) is 0 Å². The Morgan fingerprint density at radius 2 is 2.04 bits per heavy atom. The van der Waals surface area contributed by atoms with Gasteiger partial charge in [0, 0.05) is 29.4 Å². The Balaban J connectivity index is 2.66. The molecular weight excluding hydrogens is 350 g/mol. The molecule has 2 unspecified atom stereocenters. The van der Waals surface area contributed by atoms with Crippen LogP contribution >= 0.6 is 11.6 Å². The number of rotatable bonds is 8. The summed E-state index contributed by atoms with van der Waals surface area (Å²) in [5.74, 6) is 0.646. The Hall–Kier alpha value is -1.31. The van der Waals surface area contributed by atoms with E-state index in [1.165, 1.54) is 6.26 Å². The van der Waals surface area contributed by atoms with E-state index in [-0.39, 0.29) is 18.3 Å². The number of aliphatic hydroxyl groups excluding tert-OH is 1. The molecule has 0 amide bonds. The van der Waals surface area contributed by atoms with Gasteiger partial charge in [0.05, 0.1) is 12.3 Å². The fraction of sp³-hybridized carbons (Fsp3) is 0.562. The summed E-state index contributed by atoms with van der Waals surface area (Å²) >= 11 is 6.07. The second kappa shape index (κ2) is 9.86. The Labute approximate surface area is 149 Å². The van der Waals surface area contributed by atoms with Gasteiger partial charge >= 0.3 is 0 Å². The molecule has 0 aromatic heterocycles. The number of sulfone groups is 1. The average Bonchev–Trinajstić information content (AvgIpc) is 2.50. The first-order valence-corrected chi connectivity index (χ1v) is 10.3. The summed E-state index contributed by atoms with van der Waals surface area (Å²) in [6.45, 7) is 4.63. The van der Waals surface area contributed by atoms with Gasteiger partial charge in [-0.25, -0.2) is 8.42 Å². The number of halogens is 1. The second-order valence-electron chi connectivity index (χ2n) is 5.72. The first-order valence-electron chi connectivity index (χ1n) is 7.88. The molecule has 2 atom stereocenters. The lowest BCUT2D eigenvalue weighted by molar-refractivity contribution is 0.187. The van der Waals surface area contributed by atoms with Crippen LogP contribution in [0.15, 0.2) is 29.3 Å². The minimum Gasteiger partial charge on any atom is -0.386 e. The second-order valence-corrected chi connectivity index (χ2v) is 8.39. The third-order valence-electron chi connectivity index (χ3n) is 3.34. The molecule has 1 rings (SSSR count). The molecule has 136 valence electrons. The normalized spacial score (nSPS) is 15.0. The van der Waals surface area contributed by atoms with Gasteiger partial charge in [0.15, 0.2) is 5.96 Å². The van der Waals surface area contributed by atoms with E-state index < -0.39 is 15.9 Å². The highest BCUT2D eigenvalue weighted by Gasteiger charge is 2.12. The molecule has 0 radical (unpaired) electrons. The van der Waals surface area contributed by atoms with Gasteiger partial charge in [-0.1, -0.05) is 29.8 Å². The van der Waals surface area contributed by atoms with Gasteiger partial charge in [-0.15, -0.1) is 0 Å². The van der Waals surface area contributed by atoms with E-state index in [4.69, 9.17) is 11.6 Å². The van der Waals surface area contributed by atoms with Crippen LogP contribution in [-0.4, -0.2) is 50.6 Å². The molecule has 0 bridgehead atoms. The first-order chi connectivity index (χ1) is 11.2. The van der Waals surface area contributed by atoms with Gasteiger partial charge in [0.25, 0.3) is 0 Å². The van der Waals surface area contributed by atoms with Crippen LogP contribution in [0.3, 0.4) is 0 Å². The molecule has 0 aliphatic carbocycles. The van der Waals surface area contributed by atoms with Crippen molar-refractivity contribution in [1.29, 1.82) is 0 Å². The van der Waals surface area contributed by atoms with Gasteiger partial charge in [0.2, 0.25) is 0 Å². The summed E-state index contributed by atoms with van der Waals surface area (Å²) in [5, 5.41) is 17.0. The monoisotopic (exact) mass is 375 g/mol. The number of aliphatic imine (C=N–C) groups is 1. The number of guanidine groups is 1. The molecule has 0 aliphatic rings. The number of benzene rings is 1.